The molecule has 0 saturated heterocycles. The molecule has 0 fully saturated rings. The number of aliphatic hydroxyl groups excluding tert-OH is 1. The van der Waals surface area contributed by atoms with E-state index in [1.165, 1.54) is 11.1 Å². The topological polar surface area (TPSA) is 98.7 Å². The first-order valence-electron chi connectivity index (χ1n) is 6.47. The van der Waals surface area contributed by atoms with Crippen LogP contribution >= 0.6 is 0 Å². The predicted molar refractivity (Wildman–Crippen MR) is 74.5 cm³/mol. The summed E-state index contributed by atoms with van der Waals surface area (Å²) < 4.78 is 0. The van der Waals surface area contributed by atoms with Gasteiger partial charge in [-0.05, 0) is 24.5 Å². The smallest absolute Gasteiger partial charge is 0.332 e. The predicted octanol–water partition coefficient (Wildman–Crippen LogP) is 0.672. The number of rotatable bonds is 7. The lowest BCUT2D eigenvalue weighted by atomic mass is 10.1. The van der Waals surface area contributed by atoms with Gasteiger partial charge in [-0.15, -0.1) is 0 Å². The van der Waals surface area contributed by atoms with Crippen LogP contribution < -0.4 is 10.6 Å². The summed E-state index contributed by atoms with van der Waals surface area (Å²) in [5, 5.41) is 22.7. The summed E-state index contributed by atoms with van der Waals surface area (Å²) in [7, 11) is 0. The zero-order chi connectivity index (χ0) is 15.0. The summed E-state index contributed by atoms with van der Waals surface area (Å²) in [4.78, 5) is 21.8. The van der Waals surface area contributed by atoms with Crippen molar-refractivity contribution in [1.82, 2.24) is 10.6 Å². The maximum absolute atomic E-state index is 11.4. The van der Waals surface area contributed by atoms with Gasteiger partial charge >= 0.3 is 12.0 Å². The lowest BCUT2D eigenvalue weighted by molar-refractivity contribution is -0.146. The molecule has 0 aliphatic rings. The molecule has 2 amide bonds. The van der Waals surface area contributed by atoms with Crippen molar-refractivity contribution in [3.8, 4) is 0 Å². The lowest BCUT2D eigenvalue weighted by Gasteiger charge is -2.10. The number of carboxylic acid groups (broad SMARTS) is 1. The molecule has 1 atom stereocenters. The van der Waals surface area contributed by atoms with Crippen LogP contribution in [-0.4, -0.2) is 41.4 Å². The van der Waals surface area contributed by atoms with Crippen molar-refractivity contribution in [1.29, 1.82) is 0 Å². The van der Waals surface area contributed by atoms with Gasteiger partial charge in [-0.2, -0.15) is 0 Å². The van der Waals surface area contributed by atoms with Crippen LogP contribution in [0.1, 0.15) is 17.5 Å². The van der Waals surface area contributed by atoms with E-state index in [4.69, 9.17) is 10.2 Å². The van der Waals surface area contributed by atoms with Gasteiger partial charge in [-0.25, -0.2) is 9.59 Å². The number of carbonyl (C=O) groups excluding carboxylic acids is 1. The Bertz CT molecular complexity index is 462. The monoisotopic (exact) mass is 280 g/mol. The Balaban J connectivity index is 2.18. The van der Waals surface area contributed by atoms with Crippen molar-refractivity contribution in [2.45, 2.75) is 25.9 Å². The second-order valence-corrected chi connectivity index (χ2v) is 4.50. The number of hydrogen-bond acceptors (Lipinski definition) is 3. The molecule has 4 N–H and O–H groups in total. The molecule has 110 valence electrons. The Morgan fingerprint density at radius 1 is 1.20 bits per heavy atom. The number of carbonyl (C=O) groups is 2. The van der Waals surface area contributed by atoms with E-state index in [-0.39, 0.29) is 19.0 Å². The van der Waals surface area contributed by atoms with Crippen molar-refractivity contribution >= 4 is 12.0 Å². The SMILES string of the molecule is Cc1ccccc1CCNC(=O)NCCC(O)C(=O)O. The number of hydrogen-bond donors (Lipinski definition) is 4. The first-order chi connectivity index (χ1) is 9.50. The lowest BCUT2D eigenvalue weighted by Crippen LogP contribution is -2.38. The molecule has 0 radical (unpaired) electrons. The number of aliphatic carboxylic acids is 1. The van der Waals surface area contributed by atoms with E-state index >= 15 is 0 Å². The largest absolute Gasteiger partial charge is 0.479 e. The fourth-order valence-corrected chi connectivity index (χ4v) is 1.71. The van der Waals surface area contributed by atoms with Crippen molar-refractivity contribution < 1.29 is 19.8 Å². The average Bonchev–Trinajstić information content (AvgIpc) is 2.40. The van der Waals surface area contributed by atoms with E-state index in [1.807, 2.05) is 31.2 Å². The molecular formula is C14H20N2O4. The van der Waals surface area contributed by atoms with E-state index in [9.17, 15) is 9.59 Å². The Kier molecular flexibility index (Phi) is 6.52. The molecule has 0 bridgehead atoms. The summed E-state index contributed by atoms with van der Waals surface area (Å²) in [6, 6.07) is 7.58. The van der Waals surface area contributed by atoms with E-state index in [2.05, 4.69) is 10.6 Å². The highest BCUT2D eigenvalue weighted by Gasteiger charge is 2.12. The molecule has 6 nitrogen and oxygen atoms in total. The van der Waals surface area contributed by atoms with Gasteiger partial charge in [0.15, 0.2) is 6.10 Å². The second kappa shape index (κ2) is 8.16. The molecule has 0 aliphatic carbocycles. The fraction of sp³-hybridized carbons (Fsp3) is 0.429. The number of nitrogens with one attached hydrogen (secondary N) is 2. The zero-order valence-corrected chi connectivity index (χ0v) is 11.4. The quantitative estimate of drug-likeness (QED) is 0.590. The molecule has 0 aliphatic heterocycles. The Morgan fingerprint density at radius 2 is 1.85 bits per heavy atom. The van der Waals surface area contributed by atoms with Crippen LogP contribution in [0.4, 0.5) is 4.79 Å². The van der Waals surface area contributed by atoms with Gasteiger partial charge in [0.2, 0.25) is 0 Å². The minimum atomic E-state index is -1.44. The molecule has 1 aromatic carbocycles. The van der Waals surface area contributed by atoms with E-state index < -0.39 is 12.1 Å². The van der Waals surface area contributed by atoms with Crippen LogP contribution in [0.25, 0.3) is 0 Å². The molecule has 6 heteroatoms. The first-order valence-corrected chi connectivity index (χ1v) is 6.47. The number of aryl methyl sites for hydroxylation is 1. The normalized spacial score (nSPS) is 11.7. The number of amides is 2. The third-order valence-corrected chi connectivity index (χ3v) is 2.93. The van der Waals surface area contributed by atoms with Crippen molar-refractivity contribution in [3.05, 3.63) is 35.4 Å². The van der Waals surface area contributed by atoms with Crippen molar-refractivity contribution in [3.63, 3.8) is 0 Å². The Hall–Kier alpha value is -2.08. The highest BCUT2D eigenvalue weighted by atomic mass is 16.4. The van der Waals surface area contributed by atoms with Gasteiger partial charge in [-0.1, -0.05) is 24.3 Å². The minimum Gasteiger partial charge on any atom is -0.479 e. The summed E-state index contributed by atoms with van der Waals surface area (Å²) >= 11 is 0. The Labute approximate surface area is 117 Å². The molecule has 1 unspecified atom stereocenters. The molecule has 0 spiro atoms. The van der Waals surface area contributed by atoms with Gasteiger partial charge < -0.3 is 20.8 Å². The van der Waals surface area contributed by atoms with Crippen LogP contribution in [0.15, 0.2) is 24.3 Å². The number of aliphatic hydroxyl groups is 1. The van der Waals surface area contributed by atoms with E-state index in [0.717, 1.165) is 6.42 Å². The molecule has 1 aromatic rings. The highest BCUT2D eigenvalue weighted by molar-refractivity contribution is 5.74. The van der Waals surface area contributed by atoms with Gasteiger partial charge in [0.05, 0.1) is 0 Å². The van der Waals surface area contributed by atoms with Gasteiger partial charge in [0, 0.05) is 19.5 Å². The molecule has 20 heavy (non-hydrogen) atoms. The molecule has 1 rings (SSSR count). The van der Waals surface area contributed by atoms with Crippen LogP contribution in [0.3, 0.4) is 0 Å². The highest BCUT2D eigenvalue weighted by Crippen LogP contribution is 2.06. The zero-order valence-electron chi connectivity index (χ0n) is 11.4. The number of carboxylic acids is 1. The third-order valence-electron chi connectivity index (χ3n) is 2.93. The summed E-state index contributed by atoms with van der Waals surface area (Å²) in [5.74, 6) is -1.29. The van der Waals surface area contributed by atoms with Crippen LogP contribution in [0, 0.1) is 6.92 Å². The number of benzene rings is 1. The van der Waals surface area contributed by atoms with E-state index in [1.54, 1.807) is 0 Å². The van der Waals surface area contributed by atoms with E-state index in [0.29, 0.717) is 6.54 Å². The Morgan fingerprint density at radius 3 is 2.50 bits per heavy atom. The van der Waals surface area contributed by atoms with Crippen molar-refractivity contribution in [2.75, 3.05) is 13.1 Å². The average molecular weight is 280 g/mol. The molecule has 0 saturated carbocycles. The third kappa shape index (κ3) is 5.71. The van der Waals surface area contributed by atoms with Crippen LogP contribution in [0.5, 0.6) is 0 Å². The summed E-state index contributed by atoms with van der Waals surface area (Å²) in [6.45, 7) is 2.63. The molecule has 0 heterocycles. The fourth-order valence-electron chi connectivity index (χ4n) is 1.71. The summed E-state index contributed by atoms with van der Waals surface area (Å²) in [5.41, 5.74) is 2.35. The second-order valence-electron chi connectivity index (χ2n) is 4.50. The maximum atomic E-state index is 11.4. The van der Waals surface area contributed by atoms with Gasteiger partial charge in [0.25, 0.3) is 0 Å². The number of urea groups is 1. The van der Waals surface area contributed by atoms with Crippen LogP contribution in [-0.2, 0) is 11.2 Å². The van der Waals surface area contributed by atoms with Crippen LogP contribution in [0.2, 0.25) is 0 Å². The molecule has 0 aromatic heterocycles. The van der Waals surface area contributed by atoms with Gasteiger partial charge in [-0.3, -0.25) is 0 Å². The van der Waals surface area contributed by atoms with Crippen molar-refractivity contribution in [2.24, 2.45) is 0 Å². The summed E-state index contributed by atoms with van der Waals surface area (Å²) in [6.07, 6.45) is -0.722. The molecular weight excluding hydrogens is 260 g/mol. The van der Waals surface area contributed by atoms with Gasteiger partial charge in [0.1, 0.15) is 0 Å². The first kappa shape index (κ1) is 16.0. The maximum Gasteiger partial charge on any atom is 0.332 e. The minimum absolute atomic E-state index is 0.0133. The standard InChI is InChI=1S/C14H20N2O4/c1-10-4-2-3-5-11(10)6-8-15-14(20)16-9-7-12(17)13(18)19/h2-5,12,17H,6-9H2,1H3,(H,18,19)(H2,15,16,20).